The standard InChI is InChI=1S/C16H22N2O4S.ClH/c1-12-11-18(10-9-17-12)23(20,21)14-5-3-13(4-6-14)16(7-8-16)15(19)22-2;/h3-6,12,17H,7-11H2,1-2H3;1H. The molecule has 0 radical (unpaired) electrons. The maximum Gasteiger partial charge on any atom is 0.316 e. The van der Waals surface area contributed by atoms with Crippen LogP contribution in [0, 0.1) is 0 Å². The normalized spacial score (nSPS) is 23.2. The maximum atomic E-state index is 12.7. The molecule has 1 unspecified atom stereocenters. The number of benzene rings is 1. The summed E-state index contributed by atoms with van der Waals surface area (Å²) >= 11 is 0. The van der Waals surface area contributed by atoms with E-state index in [9.17, 15) is 13.2 Å². The Morgan fingerprint density at radius 2 is 1.92 bits per heavy atom. The van der Waals surface area contributed by atoms with Crippen molar-refractivity contribution in [2.24, 2.45) is 0 Å². The van der Waals surface area contributed by atoms with Gasteiger partial charge in [-0.25, -0.2) is 8.42 Å². The van der Waals surface area contributed by atoms with E-state index in [0.29, 0.717) is 19.6 Å². The lowest BCUT2D eigenvalue weighted by atomic mass is 9.96. The first kappa shape index (κ1) is 19.2. The molecule has 1 N–H and O–H groups in total. The Balaban J connectivity index is 0.00000208. The Morgan fingerprint density at radius 3 is 2.42 bits per heavy atom. The first-order valence-electron chi connectivity index (χ1n) is 7.83. The highest BCUT2D eigenvalue weighted by molar-refractivity contribution is 7.89. The molecule has 1 aromatic carbocycles. The molecule has 2 aliphatic rings. The summed E-state index contributed by atoms with van der Waals surface area (Å²) < 4.78 is 31.8. The Hall–Kier alpha value is -1.15. The van der Waals surface area contributed by atoms with E-state index in [2.05, 4.69) is 5.32 Å². The van der Waals surface area contributed by atoms with Gasteiger partial charge in [0.25, 0.3) is 0 Å². The predicted molar refractivity (Wildman–Crippen MR) is 92.8 cm³/mol. The smallest absolute Gasteiger partial charge is 0.316 e. The number of rotatable bonds is 4. The molecule has 2 fully saturated rings. The highest BCUT2D eigenvalue weighted by Crippen LogP contribution is 2.49. The van der Waals surface area contributed by atoms with Gasteiger partial charge in [-0.2, -0.15) is 4.31 Å². The fourth-order valence-electron chi connectivity index (χ4n) is 3.14. The Kier molecular flexibility index (Phi) is 5.59. The molecular formula is C16H23ClN2O4S. The SMILES string of the molecule is COC(=O)C1(c2ccc(S(=O)(=O)N3CCNC(C)C3)cc2)CC1.Cl. The summed E-state index contributed by atoms with van der Waals surface area (Å²) in [6.45, 7) is 3.57. The van der Waals surface area contributed by atoms with Gasteiger partial charge in [0.05, 0.1) is 17.4 Å². The van der Waals surface area contributed by atoms with Crippen molar-refractivity contribution >= 4 is 28.4 Å². The molecule has 0 bridgehead atoms. The van der Waals surface area contributed by atoms with E-state index in [1.165, 1.54) is 11.4 Å². The second-order valence-corrected chi connectivity index (χ2v) is 8.25. The van der Waals surface area contributed by atoms with Gasteiger partial charge in [0.2, 0.25) is 10.0 Å². The zero-order valence-corrected chi connectivity index (χ0v) is 15.5. The summed E-state index contributed by atoms with van der Waals surface area (Å²) in [6.07, 6.45) is 1.50. The van der Waals surface area contributed by atoms with Crippen LogP contribution in [-0.2, 0) is 25.0 Å². The number of methoxy groups -OCH3 is 1. The number of hydrogen-bond acceptors (Lipinski definition) is 5. The number of esters is 1. The van der Waals surface area contributed by atoms with Crippen molar-refractivity contribution in [3.8, 4) is 0 Å². The lowest BCUT2D eigenvalue weighted by Crippen LogP contribution is -2.51. The van der Waals surface area contributed by atoms with Crippen molar-refractivity contribution in [1.82, 2.24) is 9.62 Å². The number of ether oxygens (including phenoxy) is 1. The number of hydrogen-bond donors (Lipinski definition) is 1. The van der Waals surface area contributed by atoms with E-state index >= 15 is 0 Å². The molecule has 1 heterocycles. The average Bonchev–Trinajstić information content (AvgIpc) is 3.36. The van der Waals surface area contributed by atoms with Crippen molar-refractivity contribution in [2.45, 2.75) is 36.1 Å². The molecule has 0 aromatic heterocycles. The molecule has 1 atom stereocenters. The van der Waals surface area contributed by atoms with E-state index in [4.69, 9.17) is 4.74 Å². The van der Waals surface area contributed by atoms with Gasteiger partial charge in [-0.1, -0.05) is 12.1 Å². The molecule has 1 aromatic rings. The first-order chi connectivity index (χ1) is 10.9. The summed E-state index contributed by atoms with van der Waals surface area (Å²) in [5.74, 6) is -0.246. The fraction of sp³-hybridized carbons (Fsp3) is 0.562. The van der Waals surface area contributed by atoms with Gasteiger partial charge in [-0.15, -0.1) is 12.4 Å². The van der Waals surface area contributed by atoms with Gasteiger partial charge in [0.15, 0.2) is 0 Å². The Morgan fingerprint density at radius 1 is 1.29 bits per heavy atom. The maximum absolute atomic E-state index is 12.7. The number of halogens is 1. The van der Waals surface area contributed by atoms with E-state index in [0.717, 1.165) is 18.4 Å². The van der Waals surface area contributed by atoms with Gasteiger partial charge in [0.1, 0.15) is 0 Å². The quantitative estimate of drug-likeness (QED) is 0.804. The van der Waals surface area contributed by atoms with Crippen LogP contribution in [0.3, 0.4) is 0 Å². The molecular weight excluding hydrogens is 352 g/mol. The molecule has 24 heavy (non-hydrogen) atoms. The van der Waals surface area contributed by atoms with Crippen LogP contribution in [-0.4, -0.2) is 51.5 Å². The Bertz CT molecular complexity index is 701. The van der Waals surface area contributed by atoms with Crippen molar-refractivity contribution in [1.29, 1.82) is 0 Å². The van der Waals surface area contributed by atoms with Crippen molar-refractivity contribution < 1.29 is 17.9 Å². The van der Waals surface area contributed by atoms with Crippen LogP contribution in [0.4, 0.5) is 0 Å². The van der Waals surface area contributed by atoms with Crippen LogP contribution >= 0.6 is 12.4 Å². The molecule has 1 saturated carbocycles. The number of carbonyl (C=O) groups is 1. The number of sulfonamides is 1. The zero-order valence-electron chi connectivity index (χ0n) is 13.8. The molecule has 3 rings (SSSR count). The third kappa shape index (κ3) is 3.31. The van der Waals surface area contributed by atoms with E-state index < -0.39 is 15.4 Å². The minimum atomic E-state index is -3.49. The summed E-state index contributed by atoms with van der Waals surface area (Å²) in [5, 5.41) is 3.23. The monoisotopic (exact) mass is 374 g/mol. The number of nitrogens with zero attached hydrogens (tertiary/aromatic N) is 1. The molecule has 6 nitrogen and oxygen atoms in total. The summed E-state index contributed by atoms with van der Waals surface area (Å²) in [5.41, 5.74) is 0.262. The molecule has 134 valence electrons. The summed E-state index contributed by atoms with van der Waals surface area (Å²) in [7, 11) is -2.10. The van der Waals surface area contributed by atoms with Crippen molar-refractivity contribution in [2.75, 3.05) is 26.7 Å². The highest BCUT2D eigenvalue weighted by Gasteiger charge is 2.52. The van der Waals surface area contributed by atoms with Crippen LogP contribution in [0.2, 0.25) is 0 Å². The molecule has 1 saturated heterocycles. The fourth-order valence-corrected chi connectivity index (χ4v) is 4.67. The van der Waals surface area contributed by atoms with E-state index in [1.807, 2.05) is 6.92 Å². The lowest BCUT2D eigenvalue weighted by molar-refractivity contribution is -0.143. The lowest BCUT2D eigenvalue weighted by Gasteiger charge is -2.31. The predicted octanol–water partition coefficient (Wildman–Crippen LogP) is 1.30. The van der Waals surface area contributed by atoms with Crippen LogP contribution < -0.4 is 5.32 Å². The molecule has 1 aliphatic carbocycles. The van der Waals surface area contributed by atoms with Crippen LogP contribution in [0.1, 0.15) is 25.3 Å². The molecule has 0 amide bonds. The Labute approximate surface area is 149 Å². The van der Waals surface area contributed by atoms with Crippen LogP contribution in [0.25, 0.3) is 0 Å². The van der Waals surface area contributed by atoms with Gasteiger partial charge < -0.3 is 10.1 Å². The van der Waals surface area contributed by atoms with Crippen LogP contribution in [0.15, 0.2) is 29.2 Å². The largest absolute Gasteiger partial charge is 0.468 e. The van der Waals surface area contributed by atoms with Crippen molar-refractivity contribution in [3.05, 3.63) is 29.8 Å². The number of nitrogens with one attached hydrogen (secondary N) is 1. The van der Waals surface area contributed by atoms with Gasteiger partial charge in [-0.05, 0) is 37.5 Å². The van der Waals surface area contributed by atoms with Gasteiger partial charge in [-0.3, -0.25) is 4.79 Å². The third-order valence-electron chi connectivity index (χ3n) is 4.70. The number of piperazine rings is 1. The van der Waals surface area contributed by atoms with Crippen LogP contribution in [0.5, 0.6) is 0 Å². The zero-order chi connectivity index (χ0) is 16.7. The van der Waals surface area contributed by atoms with E-state index in [-0.39, 0.29) is 29.3 Å². The minimum Gasteiger partial charge on any atom is -0.468 e. The van der Waals surface area contributed by atoms with Gasteiger partial charge in [0, 0.05) is 25.7 Å². The van der Waals surface area contributed by atoms with Crippen molar-refractivity contribution in [3.63, 3.8) is 0 Å². The molecule has 0 spiro atoms. The molecule has 8 heteroatoms. The van der Waals surface area contributed by atoms with Gasteiger partial charge >= 0.3 is 5.97 Å². The second-order valence-electron chi connectivity index (χ2n) is 6.32. The summed E-state index contributed by atoms with van der Waals surface area (Å²) in [6, 6.07) is 6.82. The average molecular weight is 375 g/mol. The topological polar surface area (TPSA) is 75.7 Å². The molecule has 1 aliphatic heterocycles. The number of carbonyl (C=O) groups excluding carboxylic acids is 1. The first-order valence-corrected chi connectivity index (χ1v) is 9.27. The minimum absolute atomic E-state index is 0. The second kappa shape index (κ2) is 7.00. The highest BCUT2D eigenvalue weighted by atomic mass is 35.5. The summed E-state index contributed by atoms with van der Waals surface area (Å²) in [4.78, 5) is 12.2. The third-order valence-corrected chi connectivity index (χ3v) is 6.58. The van der Waals surface area contributed by atoms with E-state index in [1.54, 1.807) is 24.3 Å².